The molecule has 1 N–H and O–H groups in total. The van der Waals surface area contributed by atoms with Gasteiger partial charge in [-0.05, 0) is 80.5 Å². The number of hydrogen-bond donors (Lipinski definition) is 1. The molecule has 0 aliphatic carbocycles. The molecule has 25 heavy (non-hydrogen) atoms. The lowest BCUT2D eigenvalue weighted by atomic mass is 9.95. The van der Waals surface area contributed by atoms with Crippen LogP contribution in [0.3, 0.4) is 0 Å². The molecular formula is C20H27NO3S. The van der Waals surface area contributed by atoms with E-state index in [0.29, 0.717) is 17.9 Å². The van der Waals surface area contributed by atoms with Gasteiger partial charge in [0, 0.05) is 6.54 Å². The zero-order chi connectivity index (χ0) is 18.8. The minimum Gasteiger partial charge on any atom is -0.496 e. The molecule has 0 unspecified atom stereocenters. The Morgan fingerprint density at radius 2 is 1.40 bits per heavy atom. The maximum absolute atomic E-state index is 12.9. The summed E-state index contributed by atoms with van der Waals surface area (Å²) >= 11 is 0. The number of hydrogen-bond acceptors (Lipinski definition) is 3. The predicted octanol–water partition coefficient (Wildman–Crippen LogP) is 3.76. The second-order valence-corrected chi connectivity index (χ2v) is 8.12. The van der Waals surface area contributed by atoms with Crippen LogP contribution in [0.15, 0.2) is 29.2 Å². The number of nitrogens with one attached hydrogen (secondary N) is 1. The Labute approximate surface area is 151 Å². The summed E-state index contributed by atoms with van der Waals surface area (Å²) < 4.78 is 33.8. The van der Waals surface area contributed by atoms with E-state index < -0.39 is 10.0 Å². The highest BCUT2D eigenvalue weighted by Crippen LogP contribution is 2.29. The summed E-state index contributed by atoms with van der Waals surface area (Å²) in [4.78, 5) is 0.410. The molecule has 0 amide bonds. The first-order chi connectivity index (χ1) is 11.7. The molecule has 0 aromatic heterocycles. The van der Waals surface area contributed by atoms with Crippen LogP contribution >= 0.6 is 0 Å². The van der Waals surface area contributed by atoms with E-state index in [1.807, 2.05) is 58.9 Å². The summed E-state index contributed by atoms with van der Waals surface area (Å²) in [6, 6.07) is 7.65. The molecular weight excluding hydrogens is 334 g/mol. The third kappa shape index (κ3) is 3.88. The Morgan fingerprint density at radius 1 is 0.880 bits per heavy atom. The van der Waals surface area contributed by atoms with Crippen molar-refractivity contribution in [2.75, 3.05) is 13.7 Å². The summed E-state index contributed by atoms with van der Waals surface area (Å²) in [6.07, 6.45) is 0.575. The van der Waals surface area contributed by atoms with Gasteiger partial charge in [0.1, 0.15) is 5.75 Å². The quantitative estimate of drug-likeness (QED) is 0.852. The molecule has 0 aliphatic rings. The largest absolute Gasteiger partial charge is 0.496 e. The van der Waals surface area contributed by atoms with Crippen LogP contribution in [0.1, 0.15) is 33.4 Å². The molecule has 5 heteroatoms. The van der Waals surface area contributed by atoms with Crippen LogP contribution in [-0.2, 0) is 16.4 Å². The van der Waals surface area contributed by atoms with Gasteiger partial charge >= 0.3 is 0 Å². The molecule has 2 aromatic rings. The summed E-state index contributed by atoms with van der Waals surface area (Å²) in [6.45, 7) is 10.1. The molecule has 0 atom stereocenters. The Hall–Kier alpha value is -1.85. The monoisotopic (exact) mass is 361 g/mol. The van der Waals surface area contributed by atoms with Gasteiger partial charge in [-0.3, -0.25) is 0 Å². The van der Waals surface area contributed by atoms with Gasteiger partial charge in [0.2, 0.25) is 10.0 Å². The number of benzene rings is 2. The van der Waals surface area contributed by atoms with Crippen LogP contribution in [-0.4, -0.2) is 22.1 Å². The second-order valence-electron chi connectivity index (χ2n) is 6.41. The Bertz CT molecular complexity index is 857. The highest BCUT2D eigenvalue weighted by atomic mass is 32.2. The fourth-order valence-corrected chi connectivity index (χ4v) is 4.80. The SMILES string of the molecule is COc1ccccc1CCNS(=O)(=O)c1c(C)c(C)c(C)c(C)c1C. The van der Waals surface area contributed by atoms with Gasteiger partial charge in [-0.15, -0.1) is 0 Å². The number of rotatable bonds is 6. The van der Waals surface area contributed by atoms with Crippen molar-refractivity contribution in [2.45, 2.75) is 45.9 Å². The summed E-state index contributed by atoms with van der Waals surface area (Å²) in [5.74, 6) is 0.774. The van der Waals surface area contributed by atoms with Crippen molar-refractivity contribution < 1.29 is 13.2 Å². The number of sulfonamides is 1. The molecule has 0 radical (unpaired) electrons. The highest BCUT2D eigenvalue weighted by Gasteiger charge is 2.23. The minimum absolute atomic E-state index is 0.327. The topological polar surface area (TPSA) is 55.4 Å². The molecule has 4 nitrogen and oxygen atoms in total. The smallest absolute Gasteiger partial charge is 0.241 e. The van der Waals surface area contributed by atoms with Crippen molar-refractivity contribution in [1.82, 2.24) is 4.72 Å². The summed E-state index contributed by atoms with van der Waals surface area (Å²) in [7, 11) is -1.95. The van der Waals surface area contributed by atoms with Crippen LogP contribution in [0.4, 0.5) is 0 Å². The first-order valence-corrected chi connectivity index (χ1v) is 9.87. The average Bonchev–Trinajstić information content (AvgIpc) is 2.58. The Kier molecular flexibility index (Phi) is 5.91. The minimum atomic E-state index is -3.56. The van der Waals surface area contributed by atoms with Crippen LogP contribution in [0, 0.1) is 34.6 Å². The first-order valence-electron chi connectivity index (χ1n) is 8.39. The fourth-order valence-electron chi connectivity index (χ4n) is 3.17. The van der Waals surface area contributed by atoms with Crippen molar-refractivity contribution in [1.29, 1.82) is 0 Å². The van der Waals surface area contributed by atoms with Crippen molar-refractivity contribution >= 4 is 10.0 Å². The van der Waals surface area contributed by atoms with Crippen molar-refractivity contribution in [3.05, 3.63) is 57.6 Å². The van der Waals surface area contributed by atoms with Gasteiger partial charge in [-0.2, -0.15) is 0 Å². The summed E-state index contributed by atoms with van der Waals surface area (Å²) in [5.41, 5.74) is 5.86. The molecule has 0 fully saturated rings. The molecule has 0 aliphatic heterocycles. The predicted molar refractivity (Wildman–Crippen MR) is 102 cm³/mol. The standard InChI is InChI=1S/C20H27NO3S/c1-13-14(2)16(4)20(17(5)15(13)3)25(22,23)21-12-11-18-9-7-8-10-19(18)24-6/h7-10,21H,11-12H2,1-6H3. The second kappa shape index (κ2) is 7.58. The van der Waals surface area contributed by atoms with E-state index >= 15 is 0 Å². The molecule has 0 bridgehead atoms. The summed E-state index contributed by atoms with van der Waals surface area (Å²) in [5, 5.41) is 0. The van der Waals surface area contributed by atoms with E-state index in [0.717, 1.165) is 39.1 Å². The molecule has 2 aromatic carbocycles. The van der Waals surface area contributed by atoms with E-state index in [-0.39, 0.29) is 0 Å². The molecule has 0 saturated carbocycles. The zero-order valence-corrected chi connectivity index (χ0v) is 16.7. The maximum Gasteiger partial charge on any atom is 0.241 e. The normalized spacial score (nSPS) is 11.6. The van der Waals surface area contributed by atoms with Crippen molar-refractivity contribution in [3.8, 4) is 5.75 Å². The van der Waals surface area contributed by atoms with E-state index in [4.69, 9.17) is 4.74 Å². The zero-order valence-electron chi connectivity index (χ0n) is 15.9. The van der Waals surface area contributed by atoms with Gasteiger partial charge in [-0.1, -0.05) is 18.2 Å². The van der Waals surface area contributed by atoms with Gasteiger partial charge < -0.3 is 4.74 Å². The van der Waals surface area contributed by atoms with E-state index in [9.17, 15) is 8.42 Å². The number of methoxy groups -OCH3 is 1. The molecule has 136 valence electrons. The molecule has 0 spiro atoms. The van der Waals surface area contributed by atoms with Crippen molar-refractivity contribution in [3.63, 3.8) is 0 Å². The maximum atomic E-state index is 12.9. The average molecular weight is 362 g/mol. The van der Waals surface area contributed by atoms with Gasteiger partial charge in [0.05, 0.1) is 12.0 Å². The van der Waals surface area contributed by atoms with E-state index in [1.54, 1.807) is 7.11 Å². The first kappa shape index (κ1) is 19.5. The number of para-hydroxylation sites is 1. The van der Waals surface area contributed by atoms with Crippen LogP contribution in [0.5, 0.6) is 5.75 Å². The van der Waals surface area contributed by atoms with E-state index in [2.05, 4.69) is 4.72 Å². The fraction of sp³-hybridized carbons (Fsp3) is 0.400. The van der Waals surface area contributed by atoms with Gasteiger partial charge in [0.15, 0.2) is 0 Å². The molecule has 0 saturated heterocycles. The lowest BCUT2D eigenvalue weighted by molar-refractivity contribution is 0.409. The van der Waals surface area contributed by atoms with Crippen LogP contribution < -0.4 is 9.46 Å². The third-order valence-electron chi connectivity index (χ3n) is 5.08. The molecule has 2 rings (SSSR count). The lowest BCUT2D eigenvalue weighted by Crippen LogP contribution is -2.28. The van der Waals surface area contributed by atoms with Gasteiger partial charge in [0.25, 0.3) is 0 Å². The number of ether oxygens (including phenoxy) is 1. The van der Waals surface area contributed by atoms with Crippen LogP contribution in [0.25, 0.3) is 0 Å². The van der Waals surface area contributed by atoms with Crippen molar-refractivity contribution in [2.24, 2.45) is 0 Å². The van der Waals surface area contributed by atoms with Crippen LogP contribution in [0.2, 0.25) is 0 Å². The van der Waals surface area contributed by atoms with Gasteiger partial charge in [-0.25, -0.2) is 13.1 Å². The highest BCUT2D eigenvalue weighted by molar-refractivity contribution is 7.89. The lowest BCUT2D eigenvalue weighted by Gasteiger charge is -2.19. The Balaban J connectivity index is 2.26. The van der Waals surface area contributed by atoms with E-state index in [1.165, 1.54) is 0 Å². The molecule has 0 heterocycles. The third-order valence-corrected chi connectivity index (χ3v) is 6.81. The Morgan fingerprint density at radius 3 is 1.96 bits per heavy atom.